The number of carbonyl (C=O) groups is 1. The molecule has 5 nitrogen and oxygen atoms in total. The first kappa shape index (κ1) is 17.5. The van der Waals surface area contributed by atoms with Gasteiger partial charge in [-0.15, -0.1) is 0 Å². The van der Waals surface area contributed by atoms with Gasteiger partial charge in [0.05, 0.1) is 17.4 Å². The van der Waals surface area contributed by atoms with E-state index < -0.39 is 5.91 Å². The zero-order chi connectivity index (χ0) is 18.8. The summed E-state index contributed by atoms with van der Waals surface area (Å²) in [5, 5.41) is 8.26. The van der Waals surface area contributed by atoms with Crippen molar-refractivity contribution in [3.63, 3.8) is 0 Å². The molecule has 1 amide bonds. The lowest BCUT2D eigenvalue weighted by Crippen LogP contribution is -2.26. The fourth-order valence-corrected chi connectivity index (χ4v) is 3.44. The van der Waals surface area contributed by atoms with Gasteiger partial charge in [-0.1, -0.05) is 48.5 Å². The second-order valence-electron chi connectivity index (χ2n) is 7.20. The number of rotatable bonds is 7. The molecule has 1 atom stereocenters. The molecule has 138 valence electrons. The van der Waals surface area contributed by atoms with E-state index in [1.165, 1.54) is 18.4 Å². The molecule has 5 heteroatoms. The van der Waals surface area contributed by atoms with Crippen LogP contribution in [0.25, 0.3) is 5.69 Å². The Kier molecular flexibility index (Phi) is 4.77. The Morgan fingerprint density at radius 1 is 1.19 bits per heavy atom. The third-order valence-electron chi connectivity index (χ3n) is 5.00. The maximum Gasteiger partial charge on any atom is 0.267 e. The summed E-state index contributed by atoms with van der Waals surface area (Å²) in [5.74, 6) is 0.282. The van der Waals surface area contributed by atoms with E-state index in [2.05, 4.69) is 40.7 Å². The first-order valence-corrected chi connectivity index (χ1v) is 9.37. The summed E-state index contributed by atoms with van der Waals surface area (Å²) in [4.78, 5) is 11.9. The van der Waals surface area contributed by atoms with Crippen LogP contribution >= 0.6 is 0 Å². The number of amides is 1. The van der Waals surface area contributed by atoms with E-state index in [-0.39, 0.29) is 6.04 Å². The summed E-state index contributed by atoms with van der Waals surface area (Å²) in [7, 11) is 0. The molecule has 1 unspecified atom stereocenters. The van der Waals surface area contributed by atoms with E-state index in [0.717, 1.165) is 29.4 Å². The molecule has 1 aliphatic rings. The Bertz CT molecular complexity index is 944. The second-order valence-corrected chi connectivity index (χ2v) is 7.20. The van der Waals surface area contributed by atoms with E-state index in [1.807, 2.05) is 31.2 Å². The molecular weight excluding hydrogens is 336 g/mol. The number of benzene rings is 2. The molecule has 1 fully saturated rings. The van der Waals surface area contributed by atoms with Crippen LogP contribution in [0.1, 0.15) is 46.2 Å². The van der Waals surface area contributed by atoms with Crippen molar-refractivity contribution in [2.45, 2.75) is 25.8 Å². The number of nitrogens with zero attached hydrogens (tertiary/aromatic N) is 2. The monoisotopic (exact) mass is 360 g/mol. The highest BCUT2D eigenvalue weighted by molar-refractivity contribution is 5.91. The molecular formula is C22H24N4O. The molecule has 1 aromatic heterocycles. The first-order chi connectivity index (χ1) is 13.1. The van der Waals surface area contributed by atoms with Crippen LogP contribution in [-0.4, -0.2) is 22.2 Å². The van der Waals surface area contributed by atoms with Crippen molar-refractivity contribution in [2.24, 2.45) is 11.7 Å². The van der Waals surface area contributed by atoms with Crippen molar-refractivity contribution in [3.8, 4) is 5.69 Å². The van der Waals surface area contributed by atoms with Gasteiger partial charge in [0.2, 0.25) is 0 Å². The lowest BCUT2D eigenvalue weighted by Gasteiger charge is -2.23. The Balaban J connectivity index is 1.80. The quantitative estimate of drug-likeness (QED) is 0.678. The maximum absolute atomic E-state index is 11.9. The van der Waals surface area contributed by atoms with Crippen molar-refractivity contribution in [1.29, 1.82) is 0 Å². The number of hydrogen-bond donors (Lipinski definition) is 2. The summed E-state index contributed by atoms with van der Waals surface area (Å²) in [5.41, 5.74) is 9.90. The largest absolute Gasteiger partial charge is 0.364 e. The predicted molar refractivity (Wildman–Crippen MR) is 106 cm³/mol. The van der Waals surface area contributed by atoms with E-state index in [4.69, 9.17) is 5.73 Å². The van der Waals surface area contributed by atoms with Gasteiger partial charge < -0.3 is 11.1 Å². The number of nitrogens with two attached hydrogens (primary N) is 1. The van der Waals surface area contributed by atoms with Crippen LogP contribution in [-0.2, 0) is 0 Å². The Hall–Kier alpha value is -2.92. The summed E-state index contributed by atoms with van der Waals surface area (Å²) in [6, 6.07) is 20.2. The smallest absolute Gasteiger partial charge is 0.267 e. The van der Waals surface area contributed by atoms with Gasteiger partial charge in [0.25, 0.3) is 5.91 Å². The summed E-state index contributed by atoms with van der Waals surface area (Å²) >= 11 is 0. The number of nitrogens with one attached hydrogen (secondary N) is 1. The third-order valence-corrected chi connectivity index (χ3v) is 5.00. The Morgan fingerprint density at radius 3 is 2.59 bits per heavy atom. The van der Waals surface area contributed by atoms with E-state index in [0.29, 0.717) is 5.69 Å². The van der Waals surface area contributed by atoms with Crippen LogP contribution in [0.3, 0.4) is 0 Å². The molecule has 27 heavy (non-hydrogen) atoms. The molecule has 2 aromatic carbocycles. The number of aryl methyl sites for hydroxylation is 1. The Morgan fingerprint density at radius 2 is 1.89 bits per heavy atom. The minimum atomic E-state index is -0.479. The van der Waals surface area contributed by atoms with Crippen LogP contribution < -0.4 is 11.1 Å². The van der Waals surface area contributed by atoms with E-state index in [9.17, 15) is 4.79 Å². The number of hydrogen-bond acceptors (Lipinski definition) is 3. The lowest BCUT2D eigenvalue weighted by molar-refractivity contribution is 0.0993. The standard InChI is InChI=1S/C22H24N4O/c1-15-13-20(22(23)27)26(25-15)19-10-6-5-9-18(19)21(24-14-16-11-12-16)17-7-3-2-4-8-17/h2-10,13,16,21,24H,11-12,14H2,1H3,(H2,23,27). The number of aromatic nitrogens is 2. The molecule has 1 heterocycles. The van der Waals surface area contributed by atoms with Crippen LogP contribution in [0.2, 0.25) is 0 Å². The number of para-hydroxylation sites is 1. The first-order valence-electron chi connectivity index (χ1n) is 9.37. The summed E-state index contributed by atoms with van der Waals surface area (Å²) in [6.45, 7) is 2.85. The average molecular weight is 360 g/mol. The van der Waals surface area contributed by atoms with Gasteiger partial charge in [0.1, 0.15) is 5.69 Å². The topological polar surface area (TPSA) is 72.9 Å². The highest BCUT2D eigenvalue weighted by atomic mass is 16.1. The highest BCUT2D eigenvalue weighted by Crippen LogP contribution is 2.32. The highest BCUT2D eigenvalue weighted by Gasteiger charge is 2.25. The third kappa shape index (κ3) is 3.78. The molecule has 4 rings (SSSR count). The van der Waals surface area contributed by atoms with E-state index >= 15 is 0 Å². The van der Waals surface area contributed by atoms with Gasteiger partial charge >= 0.3 is 0 Å². The van der Waals surface area contributed by atoms with Crippen LogP contribution in [0, 0.1) is 12.8 Å². The van der Waals surface area contributed by atoms with Gasteiger partial charge in [-0.2, -0.15) is 5.10 Å². The second kappa shape index (κ2) is 7.37. The van der Waals surface area contributed by atoms with Crippen molar-refractivity contribution in [1.82, 2.24) is 15.1 Å². The SMILES string of the molecule is Cc1cc(C(N)=O)n(-c2ccccc2C(NCC2CC2)c2ccccc2)n1. The van der Waals surface area contributed by atoms with Crippen molar-refractivity contribution < 1.29 is 4.79 Å². The number of primary amides is 1. The van der Waals surface area contributed by atoms with Crippen LogP contribution in [0.5, 0.6) is 0 Å². The fraction of sp³-hybridized carbons (Fsp3) is 0.273. The fourth-order valence-electron chi connectivity index (χ4n) is 3.44. The van der Waals surface area contributed by atoms with Crippen LogP contribution in [0.4, 0.5) is 0 Å². The molecule has 1 aliphatic carbocycles. The minimum Gasteiger partial charge on any atom is -0.364 e. The van der Waals surface area contributed by atoms with Crippen molar-refractivity contribution >= 4 is 5.91 Å². The molecule has 3 N–H and O–H groups in total. The molecule has 1 saturated carbocycles. The normalized spacial score (nSPS) is 14.9. The molecule has 0 aliphatic heterocycles. The predicted octanol–water partition coefficient (Wildman–Crippen LogP) is 3.37. The molecule has 0 saturated heterocycles. The number of carbonyl (C=O) groups excluding carboxylic acids is 1. The molecule has 0 spiro atoms. The van der Waals surface area contributed by atoms with Gasteiger partial charge in [-0.3, -0.25) is 4.79 Å². The van der Waals surface area contributed by atoms with Gasteiger partial charge in [0.15, 0.2) is 0 Å². The van der Waals surface area contributed by atoms with Gasteiger partial charge in [-0.25, -0.2) is 4.68 Å². The van der Waals surface area contributed by atoms with E-state index in [1.54, 1.807) is 10.7 Å². The van der Waals surface area contributed by atoms with Gasteiger partial charge in [-0.05, 0) is 55.5 Å². The van der Waals surface area contributed by atoms with Crippen molar-refractivity contribution in [2.75, 3.05) is 6.54 Å². The lowest BCUT2D eigenvalue weighted by atomic mass is 9.96. The molecule has 0 bridgehead atoms. The van der Waals surface area contributed by atoms with Crippen LogP contribution in [0.15, 0.2) is 60.7 Å². The average Bonchev–Trinajstić information content (AvgIpc) is 3.42. The summed E-state index contributed by atoms with van der Waals surface area (Å²) < 4.78 is 1.67. The minimum absolute atomic E-state index is 0.0215. The molecule has 0 radical (unpaired) electrons. The Labute approximate surface area is 159 Å². The zero-order valence-corrected chi connectivity index (χ0v) is 15.4. The summed E-state index contributed by atoms with van der Waals surface area (Å²) in [6.07, 6.45) is 2.58. The van der Waals surface area contributed by atoms with Crippen molar-refractivity contribution in [3.05, 3.63) is 83.2 Å². The van der Waals surface area contributed by atoms with Gasteiger partial charge in [0, 0.05) is 0 Å². The zero-order valence-electron chi connectivity index (χ0n) is 15.4. The molecule has 3 aromatic rings. The maximum atomic E-state index is 11.9.